The van der Waals surface area contributed by atoms with Crippen LogP contribution in [-0.2, 0) is 13.1 Å². The van der Waals surface area contributed by atoms with Crippen LogP contribution in [0.1, 0.15) is 32.1 Å². The van der Waals surface area contributed by atoms with E-state index >= 15 is 0 Å². The van der Waals surface area contributed by atoms with Crippen molar-refractivity contribution in [3.05, 3.63) is 75.8 Å². The number of hydrogen-bond acceptors (Lipinski definition) is 6. The lowest BCUT2D eigenvalue weighted by Crippen LogP contribution is -2.46. The summed E-state index contributed by atoms with van der Waals surface area (Å²) in [6, 6.07) is 5.44. The van der Waals surface area contributed by atoms with E-state index in [1.165, 1.54) is 16.2 Å². The maximum atomic E-state index is 13.0. The van der Waals surface area contributed by atoms with Gasteiger partial charge in [-0.05, 0) is 43.6 Å². The first-order chi connectivity index (χ1) is 18.6. The second-order valence-corrected chi connectivity index (χ2v) is 8.59. The summed E-state index contributed by atoms with van der Waals surface area (Å²) in [5.41, 5.74) is 0.710. The number of rotatable bonds is 10. The van der Waals surface area contributed by atoms with Crippen LogP contribution in [0.3, 0.4) is 0 Å². The van der Waals surface area contributed by atoms with Crippen LogP contribution in [0.4, 0.5) is 5.69 Å². The molecule has 35 heavy (non-hydrogen) atoms. The Morgan fingerprint density at radius 3 is 2.57 bits per heavy atom. The minimum absolute atomic E-state index is 0. The van der Waals surface area contributed by atoms with Crippen molar-refractivity contribution in [1.82, 2.24) is 19.2 Å². The summed E-state index contributed by atoms with van der Waals surface area (Å²) in [5.74, 6) is -0.102. The zero-order valence-electron chi connectivity index (χ0n) is 24.5. The number of aliphatic hydroxyl groups excluding tert-OH is 1. The summed E-state index contributed by atoms with van der Waals surface area (Å²) in [5, 5.41) is 15.2. The second kappa shape index (κ2) is 13.0. The molecule has 190 valence electrons. The van der Waals surface area contributed by atoms with Gasteiger partial charge in [0.25, 0.3) is 0 Å². The van der Waals surface area contributed by atoms with Crippen molar-refractivity contribution in [2.45, 2.75) is 32.5 Å². The Morgan fingerprint density at radius 1 is 1.14 bits per heavy atom. The van der Waals surface area contributed by atoms with Crippen LogP contribution in [0.5, 0.6) is 5.75 Å². The predicted octanol–water partition coefficient (Wildman–Crippen LogP) is 3.46. The number of para-hydroxylation sites is 1. The maximum absolute atomic E-state index is 13.0. The Morgan fingerprint density at radius 2 is 1.89 bits per heavy atom. The smallest absolute Gasteiger partial charge is 0.346 e. The molecule has 0 bridgehead atoms. The van der Waals surface area contributed by atoms with Crippen LogP contribution in [0, 0.1) is 0 Å². The number of nitrogens with zero attached hydrogens (tertiary/aromatic N) is 5. The molecule has 1 atom stereocenters. The third kappa shape index (κ3) is 7.24. The standard InChI is InChI=1S/C25H32ClN5O3.ClH/c1-20(32)24-27-31(25(33)30(24)17-18-34-23-9-3-2-4-10-23)12-6-11-28-13-15-29(16-14-28)22-8-5-7-21(26)19-22;/h2-5,7-10,19-20,32H,6,11-18H2,1H3;1H/i2D,3D,4D,9D,10D;. The summed E-state index contributed by atoms with van der Waals surface area (Å²) in [4.78, 5) is 17.7. The minimum Gasteiger partial charge on any atom is -0.492 e. The summed E-state index contributed by atoms with van der Waals surface area (Å²) >= 11 is 6.12. The average Bonchev–Trinajstić information content (AvgIpc) is 3.24. The summed E-state index contributed by atoms with van der Waals surface area (Å²) in [6.45, 7) is 6.09. The van der Waals surface area contributed by atoms with Gasteiger partial charge in [0.05, 0.1) is 13.4 Å². The number of aliphatic hydroxyl groups is 1. The van der Waals surface area contributed by atoms with Gasteiger partial charge in [-0.2, -0.15) is 5.10 Å². The number of anilines is 1. The molecule has 0 saturated carbocycles. The van der Waals surface area contributed by atoms with E-state index in [0.29, 0.717) is 13.0 Å². The van der Waals surface area contributed by atoms with Gasteiger partial charge in [0.15, 0.2) is 5.82 Å². The topological polar surface area (TPSA) is 75.8 Å². The monoisotopic (exact) mass is 526 g/mol. The summed E-state index contributed by atoms with van der Waals surface area (Å²) in [6.07, 6.45) is -0.300. The molecule has 1 N–H and O–H groups in total. The molecule has 4 rings (SSSR count). The first-order valence-electron chi connectivity index (χ1n) is 13.9. The van der Waals surface area contributed by atoms with Gasteiger partial charge in [-0.3, -0.25) is 9.47 Å². The Kier molecular flexibility index (Phi) is 7.65. The fourth-order valence-electron chi connectivity index (χ4n) is 4.02. The van der Waals surface area contributed by atoms with Crippen LogP contribution in [0.2, 0.25) is 5.02 Å². The predicted molar refractivity (Wildman–Crippen MR) is 141 cm³/mol. The minimum atomic E-state index is -1.00. The highest BCUT2D eigenvalue weighted by molar-refractivity contribution is 6.30. The highest BCUT2D eigenvalue weighted by Crippen LogP contribution is 2.20. The SMILES string of the molecule is Cl.[2H]c1c([2H])c([2H])c(OCCn2c(C(C)O)nn(CCCN3CCN(c4cccc(Cl)c4)CC3)c2=O)c([2H])c1[2H]. The van der Waals surface area contributed by atoms with Gasteiger partial charge in [-0.1, -0.05) is 35.8 Å². The van der Waals surface area contributed by atoms with E-state index in [2.05, 4.69) is 21.0 Å². The van der Waals surface area contributed by atoms with Crippen molar-refractivity contribution in [1.29, 1.82) is 0 Å². The van der Waals surface area contributed by atoms with Gasteiger partial charge >= 0.3 is 5.69 Å². The Balaban J connectivity index is 0.00000441. The molecular weight excluding hydrogens is 489 g/mol. The number of aromatic nitrogens is 3. The lowest BCUT2D eigenvalue weighted by molar-refractivity contribution is 0.179. The van der Waals surface area contributed by atoms with Gasteiger partial charge in [0.2, 0.25) is 0 Å². The Hall–Kier alpha value is -2.52. The fraction of sp³-hybridized carbons (Fsp3) is 0.440. The van der Waals surface area contributed by atoms with Crippen molar-refractivity contribution in [3.63, 3.8) is 0 Å². The van der Waals surface area contributed by atoms with Crippen LogP contribution < -0.4 is 15.3 Å². The Bertz CT molecular complexity index is 1350. The zero-order valence-corrected chi connectivity index (χ0v) is 21.1. The quantitative estimate of drug-likeness (QED) is 0.435. The van der Waals surface area contributed by atoms with Crippen molar-refractivity contribution in [2.24, 2.45) is 0 Å². The number of hydrogen-bond donors (Lipinski definition) is 1. The summed E-state index contributed by atoms with van der Waals surface area (Å²) in [7, 11) is 0. The van der Waals surface area contributed by atoms with Crippen LogP contribution >= 0.6 is 24.0 Å². The van der Waals surface area contributed by atoms with Crippen LogP contribution in [-0.4, -0.2) is 63.7 Å². The zero-order chi connectivity index (χ0) is 28.3. The molecule has 1 saturated heterocycles. The van der Waals surface area contributed by atoms with E-state index in [9.17, 15) is 9.90 Å². The van der Waals surface area contributed by atoms with E-state index in [1.54, 1.807) is 0 Å². The van der Waals surface area contributed by atoms with E-state index < -0.39 is 42.0 Å². The molecule has 2 aromatic carbocycles. The number of aryl methyl sites for hydroxylation is 1. The number of benzene rings is 2. The molecule has 3 aromatic rings. The van der Waals surface area contributed by atoms with E-state index in [-0.39, 0.29) is 37.1 Å². The molecule has 0 radical (unpaired) electrons. The maximum Gasteiger partial charge on any atom is 0.346 e. The van der Waals surface area contributed by atoms with Crippen molar-refractivity contribution < 1.29 is 16.7 Å². The molecule has 2 heterocycles. The molecule has 1 aliphatic heterocycles. The molecule has 0 amide bonds. The lowest BCUT2D eigenvalue weighted by atomic mass is 10.2. The molecule has 8 nitrogen and oxygen atoms in total. The third-order valence-electron chi connectivity index (χ3n) is 5.75. The van der Waals surface area contributed by atoms with Gasteiger partial charge in [-0.25, -0.2) is 9.48 Å². The van der Waals surface area contributed by atoms with Crippen molar-refractivity contribution in [3.8, 4) is 5.75 Å². The largest absolute Gasteiger partial charge is 0.492 e. The normalized spacial score (nSPS) is 17.0. The van der Waals surface area contributed by atoms with Crippen molar-refractivity contribution >= 4 is 29.7 Å². The molecule has 1 fully saturated rings. The molecule has 1 aliphatic rings. The van der Waals surface area contributed by atoms with Crippen LogP contribution in [0.15, 0.2) is 59.3 Å². The number of ether oxygens (including phenoxy) is 1. The van der Waals surface area contributed by atoms with Gasteiger partial charge in [-0.15, -0.1) is 12.4 Å². The van der Waals surface area contributed by atoms with E-state index in [1.807, 2.05) is 18.2 Å². The van der Waals surface area contributed by atoms with Gasteiger partial charge in [0, 0.05) is 50.0 Å². The first kappa shape index (κ1) is 20.7. The van der Waals surface area contributed by atoms with Crippen molar-refractivity contribution in [2.75, 3.05) is 44.2 Å². The van der Waals surface area contributed by atoms with Gasteiger partial charge < -0.3 is 14.7 Å². The molecule has 1 aromatic heterocycles. The first-order valence-corrected chi connectivity index (χ1v) is 11.7. The molecule has 10 heteroatoms. The summed E-state index contributed by atoms with van der Waals surface area (Å²) < 4.78 is 47.3. The molecule has 0 spiro atoms. The highest BCUT2D eigenvalue weighted by Gasteiger charge is 2.19. The van der Waals surface area contributed by atoms with E-state index in [0.717, 1.165) is 43.4 Å². The molecule has 0 aliphatic carbocycles. The highest BCUT2D eigenvalue weighted by atomic mass is 35.5. The molecule has 1 unspecified atom stereocenters. The average molecular weight is 528 g/mol. The van der Waals surface area contributed by atoms with Gasteiger partial charge in [0.1, 0.15) is 18.5 Å². The number of halogens is 2. The second-order valence-electron chi connectivity index (χ2n) is 8.16. The third-order valence-corrected chi connectivity index (χ3v) is 5.99. The fourth-order valence-corrected chi connectivity index (χ4v) is 4.20. The molecular formula is C25H33Cl2N5O3. The lowest BCUT2D eigenvalue weighted by Gasteiger charge is -2.36. The number of piperazine rings is 1. The Labute approximate surface area is 224 Å². The van der Waals surface area contributed by atoms with Crippen LogP contribution in [0.25, 0.3) is 0 Å². The van der Waals surface area contributed by atoms with E-state index in [4.69, 9.17) is 23.2 Å².